The molecule has 0 amide bonds. The fraction of sp³-hybridized carbons (Fsp3) is 1.00. The summed E-state index contributed by atoms with van der Waals surface area (Å²) >= 11 is 0. The third-order valence-electron chi connectivity index (χ3n) is 3.72. The molecule has 2 nitrogen and oxygen atoms in total. The molecule has 2 aliphatic rings. The second kappa shape index (κ2) is 5.13. The first-order valence-electron chi connectivity index (χ1n) is 6.30. The largest absolute Gasteiger partial charge is 0.313 e. The monoisotopic (exact) mass is 196 g/mol. The van der Waals surface area contributed by atoms with Crippen LogP contribution in [0.25, 0.3) is 0 Å². The molecule has 2 rings (SSSR count). The molecule has 1 saturated heterocycles. The van der Waals surface area contributed by atoms with Crippen LogP contribution in [0, 0.1) is 5.92 Å². The smallest absolute Gasteiger partial charge is 0.0107 e. The van der Waals surface area contributed by atoms with Crippen molar-refractivity contribution in [3.63, 3.8) is 0 Å². The van der Waals surface area contributed by atoms with Crippen molar-refractivity contribution in [2.45, 2.75) is 45.1 Å². The van der Waals surface area contributed by atoms with Gasteiger partial charge in [-0.3, -0.25) is 0 Å². The van der Waals surface area contributed by atoms with E-state index in [9.17, 15) is 0 Å². The van der Waals surface area contributed by atoms with Gasteiger partial charge in [-0.05, 0) is 31.7 Å². The molecule has 0 bridgehead atoms. The predicted molar refractivity (Wildman–Crippen MR) is 60.5 cm³/mol. The maximum atomic E-state index is 3.68. The Morgan fingerprint density at radius 3 is 2.64 bits per heavy atom. The van der Waals surface area contributed by atoms with E-state index in [1.54, 1.807) is 0 Å². The van der Waals surface area contributed by atoms with Gasteiger partial charge >= 0.3 is 0 Å². The van der Waals surface area contributed by atoms with Crippen LogP contribution in [0.5, 0.6) is 0 Å². The average molecular weight is 196 g/mol. The van der Waals surface area contributed by atoms with Gasteiger partial charge in [0.05, 0.1) is 0 Å². The van der Waals surface area contributed by atoms with Crippen molar-refractivity contribution in [3.05, 3.63) is 0 Å². The summed E-state index contributed by atoms with van der Waals surface area (Å²) in [7, 11) is 0. The molecule has 82 valence electrons. The molecular weight excluding hydrogens is 172 g/mol. The average Bonchev–Trinajstić information content (AvgIpc) is 2.77. The van der Waals surface area contributed by atoms with Crippen molar-refractivity contribution in [2.75, 3.05) is 26.2 Å². The highest BCUT2D eigenvalue weighted by Gasteiger charge is 2.18. The lowest BCUT2D eigenvalue weighted by atomic mass is 10.2. The second-order valence-corrected chi connectivity index (χ2v) is 5.13. The number of hydrogen-bond acceptors (Lipinski definition) is 2. The van der Waals surface area contributed by atoms with E-state index >= 15 is 0 Å². The van der Waals surface area contributed by atoms with Gasteiger partial charge in [-0.2, -0.15) is 0 Å². The van der Waals surface area contributed by atoms with Crippen molar-refractivity contribution < 1.29 is 0 Å². The molecule has 1 heterocycles. The van der Waals surface area contributed by atoms with Crippen LogP contribution in [0.2, 0.25) is 0 Å². The van der Waals surface area contributed by atoms with Crippen LogP contribution in [-0.4, -0.2) is 37.1 Å². The summed E-state index contributed by atoms with van der Waals surface area (Å²) in [6.07, 6.45) is 7.12. The Labute approximate surface area is 88.1 Å². The lowest BCUT2D eigenvalue weighted by molar-refractivity contribution is 0.318. The van der Waals surface area contributed by atoms with Gasteiger partial charge in [0.15, 0.2) is 0 Å². The Morgan fingerprint density at radius 2 is 2.00 bits per heavy atom. The molecule has 2 heteroatoms. The maximum Gasteiger partial charge on any atom is 0.0107 e. The molecule has 1 saturated carbocycles. The number of likely N-dealkylation sites (tertiary alicyclic amines) is 1. The quantitative estimate of drug-likeness (QED) is 0.738. The third kappa shape index (κ3) is 2.96. The summed E-state index contributed by atoms with van der Waals surface area (Å²) in [6, 6.07) is 0.843. The van der Waals surface area contributed by atoms with Crippen LogP contribution in [-0.2, 0) is 0 Å². The van der Waals surface area contributed by atoms with E-state index in [2.05, 4.69) is 17.1 Å². The van der Waals surface area contributed by atoms with Crippen LogP contribution in [0.3, 0.4) is 0 Å². The molecule has 1 aliphatic heterocycles. The Morgan fingerprint density at radius 1 is 1.21 bits per heavy atom. The Hall–Kier alpha value is -0.0800. The van der Waals surface area contributed by atoms with Gasteiger partial charge in [0.1, 0.15) is 0 Å². The van der Waals surface area contributed by atoms with Crippen molar-refractivity contribution >= 4 is 0 Å². The van der Waals surface area contributed by atoms with E-state index in [4.69, 9.17) is 0 Å². The van der Waals surface area contributed by atoms with E-state index in [0.29, 0.717) is 0 Å². The second-order valence-electron chi connectivity index (χ2n) is 5.13. The van der Waals surface area contributed by atoms with Crippen LogP contribution < -0.4 is 5.32 Å². The molecule has 1 N–H and O–H groups in total. The summed E-state index contributed by atoms with van der Waals surface area (Å²) in [5, 5.41) is 3.68. The topological polar surface area (TPSA) is 15.3 Å². The zero-order chi connectivity index (χ0) is 9.80. The number of rotatable bonds is 4. The minimum atomic E-state index is 0.843. The first-order valence-corrected chi connectivity index (χ1v) is 6.30. The zero-order valence-corrected chi connectivity index (χ0v) is 9.47. The molecule has 0 spiro atoms. The van der Waals surface area contributed by atoms with E-state index in [1.807, 2.05) is 0 Å². The lowest BCUT2D eigenvalue weighted by Gasteiger charge is -2.17. The highest BCUT2D eigenvalue weighted by atomic mass is 15.2. The predicted octanol–water partition coefficient (Wildman–Crippen LogP) is 1.86. The maximum absolute atomic E-state index is 3.68. The van der Waals surface area contributed by atoms with Gasteiger partial charge in [0, 0.05) is 25.7 Å². The fourth-order valence-corrected chi connectivity index (χ4v) is 2.79. The highest BCUT2D eigenvalue weighted by molar-refractivity contribution is 4.76. The molecule has 0 aromatic rings. The minimum Gasteiger partial charge on any atom is -0.313 e. The van der Waals surface area contributed by atoms with Crippen LogP contribution in [0.15, 0.2) is 0 Å². The summed E-state index contributed by atoms with van der Waals surface area (Å²) in [5.41, 5.74) is 0. The molecule has 0 aromatic heterocycles. The number of hydrogen-bond donors (Lipinski definition) is 1. The van der Waals surface area contributed by atoms with Gasteiger partial charge in [-0.1, -0.05) is 19.8 Å². The van der Waals surface area contributed by atoms with E-state index < -0.39 is 0 Å². The molecule has 1 unspecified atom stereocenters. The molecule has 1 atom stereocenters. The molecule has 2 fully saturated rings. The summed E-state index contributed by atoms with van der Waals surface area (Å²) in [4.78, 5) is 2.60. The Balaban J connectivity index is 1.54. The normalized spacial score (nSPS) is 30.2. The van der Waals surface area contributed by atoms with Crippen molar-refractivity contribution in [3.8, 4) is 0 Å². The molecule has 14 heavy (non-hydrogen) atoms. The minimum absolute atomic E-state index is 0.843. The first-order chi connectivity index (χ1) is 6.84. The SMILES string of the molecule is CC1CCN(CCNC2CCCC2)C1. The van der Waals surface area contributed by atoms with E-state index in [0.717, 1.165) is 12.0 Å². The summed E-state index contributed by atoms with van der Waals surface area (Å²) in [6.45, 7) is 7.49. The fourth-order valence-electron chi connectivity index (χ4n) is 2.79. The molecule has 0 radical (unpaired) electrons. The Kier molecular flexibility index (Phi) is 3.82. The van der Waals surface area contributed by atoms with E-state index in [1.165, 1.54) is 58.3 Å². The summed E-state index contributed by atoms with van der Waals surface area (Å²) < 4.78 is 0. The lowest BCUT2D eigenvalue weighted by Crippen LogP contribution is -2.35. The van der Waals surface area contributed by atoms with Crippen molar-refractivity contribution in [2.24, 2.45) is 5.92 Å². The Bertz CT molecular complexity index is 164. The zero-order valence-electron chi connectivity index (χ0n) is 9.47. The first kappa shape index (κ1) is 10.4. The molecular formula is C12H24N2. The van der Waals surface area contributed by atoms with Gasteiger partial charge in [0.2, 0.25) is 0 Å². The van der Waals surface area contributed by atoms with Crippen LogP contribution in [0.4, 0.5) is 0 Å². The van der Waals surface area contributed by atoms with Gasteiger partial charge in [-0.15, -0.1) is 0 Å². The third-order valence-corrected chi connectivity index (χ3v) is 3.72. The number of nitrogens with one attached hydrogen (secondary N) is 1. The number of nitrogens with zero attached hydrogens (tertiary/aromatic N) is 1. The molecule has 0 aromatic carbocycles. The molecule has 1 aliphatic carbocycles. The van der Waals surface area contributed by atoms with Crippen LogP contribution in [0.1, 0.15) is 39.0 Å². The standard InChI is InChI=1S/C12H24N2/c1-11-6-8-14(10-11)9-7-13-12-4-2-3-5-12/h11-13H,2-10H2,1H3. The van der Waals surface area contributed by atoms with Crippen molar-refractivity contribution in [1.29, 1.82) is 0 Å². The van der Waals surface area contributed by atoms with Crippen LogP contribution >= 0.6 is 0 Å². The summed E-state index contributed by atoms with van der Waals surface area (Å²) in [5.74, 6) is 0.932. The van der Waals surface area contributed by atoms with Crippen molar-refractivity contribution in [1.82, 2.24) is 10.2 Å². The van der Waals surface area contributed by atoms with E-state index in [-0.39, 0.29) is 0 Å². The van der Waals surface area contributed by atoms with Gasteiger partial charge in [0.25, 0.3) is 0 Å². The van der Waals surface area contributed by atoms with Gasteiger partial charge in [-0.25, -0.2) is 0 Å². The highest BCUT2D eigenvalue weighted by Crippen LogP contribution is 2.17. The van der Waals surface area contributed by atoms with Gasteiger partial charge < -0.3 is 10.2 Å².